The van der Waals surface area contributed by atoms with Gasteiger partial charge in [0.1, 0.15) is 0 Å². The molecule has 4 heteroatoms. The Morgan fingerprint density at radius 1 is 0.438 bits per heavy atom. The van der Waals surface area contributed by atoms with Gasteiger partial charge in [0, 0.05) is 11.1 Å². The van der Waals surface area contributed by atoms with E-state index in [1.165, 1.54) is 26.3 Å². The lowest BCUT2D eigenvalue weighted by Gasteiger charge is -2.36. The molecule has 0 fully saturated rings. The fourth-order valence-corrected chi connectivity index (χ4v) is 12.3. The van der Waals surface area contributed by atoms with Crippen LogP contribution in [0.15, 0.2) is 176 Å². The van der Waals surface area contributed by atoms with Gasteiger partial charge >= 0.3 is 0 Å². The van der Waals surface area contributed by atoms with Crippen LogP contribution in [0.2, 0.25) is 0 Å². The second kappa shape index (κ2) is 12.0. The van der Waals surface area contributed by atoms with Gasteiger partial charge in [-0.1, -0.05) is 146 Å². The van der Waals surface area contributed by atoms with Crippen LogP contribution in [0.25, 0.3) is 48.3 Å². The molecule has 0 atom stereocenters. The lowest BCUT2D eigenvalue weighted by molar-refractivity contribution is 1.18. The molecule has 1 aromatic heterocycles. The Hall–Kier alpha value is -6.46. The second-order valence-electron chi connectivity index (χ2n) is 11.9. The Labute approximate surface area is 281 Å². The molecule has 1 heterocycles. The maximum atomic E-state index is 7.63. The average molecular weight is 628 g/mol. The lowest BCUT2D eigenvalue weighted by atomic mass is 10.0. The van der Waals surface area contributed by atoms with Gasteiger partial charge in [-0.05, 0) is 67.6 Å². The summed E-state index contributed by atoms with van der Waals surface area (Å²) in [5.41, 5.74) is 6.84. The molecule has 0 aliphatic rings. The zero-order valence-electron chi connectivity index (χ0n) is 26.1. The van der Waals surface area contributed by atoms with Gasteiger partial charge in [-0.15, -0.1) is 0 Å². The van der Waals surface area contributed by atoms with Crippen LogP contribution in [0.3, 0.4) is 0 Å². The maximum Gasteiger partial charge on any atom is 0.188 e. The van der Waals surface area contributed by atoms with Crippen molar-refractivity contribution in [2.45, 2.75) is 0 Å². The third-order valence-electron chi connectivity index (χ3n) is 9.37. The van der Waals surface area contributed by atoms with Gasteiger partial charge in [0.2, 0.25) is 0 Å². The Morgan fingerprint density at radius 3 is 1.73 bits per heavy atom. The summed E-state index contributed by atoms with van der Waals surface area (Å²) in [6.45, 7) is 15.2. The van der Waals surface area contributed by atoms with Crippen LogP contribution < -0.4 is 20.7 Å². The Kier molecular flexibility index (Phi) is 7.27. The molecule has 0 bridgehead atoms. The zero-order chi connectivity index (χ0) is 32.5. The maximum absolute atomic E-state index is 7.63. The predicted molar refractivity (Wildman–Crippen MR) is 202 cm³/mol. The molecule has 0 unspecified atom stereocenters. The largest absolute Gasteiger partial charge is 0.309 e. The van der Waals surface area contributed by atoms with E-state index in [1.54, 1.807) is 0 Å². The van der Waals surface area contributed by atoms with E-state index in [0.29, 0.717) is 11.4 Å². The smallest absolute Gasteiger partial charge is 0.188 e. The highest BCUT2D eigenvalue weighted by atomic mass is 28.3. The number of nitrogens with zero attached hydrogens (tertiary/aromatic N) is 3. The number of hydrogen-bond donors (Lipinski definition) is 0. The second-order valence-corrected chi connectivity index (χ2v) is 15.7. The van der Waals surface area contributed by atoms with Crippen LogP contribution >= 0.6 is 0 Å². The predicted octanol–water partition coefficient (Wildman–Crippen LogP) is 8.93. The Morgan fingerprint density at radius 2 is 1.02 bits per heavy atom. The summed E-state index contributed by atoms with van der Waals surface area (Å²) < 4.78 is 2.31. The van der Waals surface area contributed by atoms with Crippen molar-refractivity contribution in [2.75, 3.05) is 0 Å². The zero-order valence-corrected chi connectivity index (χ0v) is 27.1. The third-order valence-corrected chi connectivity index (χ3v) is 14.2. The Balaban J connectivity index is 1.41. The van der Waals surface area contributed by atoms with Crippen LogP contribution in [0.1, 0.15) is 0 Å². The topological polar surface area (TPSA) is 13.6 Å². The van der Waals surface area contributed by atoms with Gasteiger partial charge in [-0.25, -0.2) is 9.69 Å². The number of para-hydroxylation sites is 1. The van der Waals surface area contributed by atoms with Crippen molar-refractivity contribution in [3.63, 3.8) is 0 Å². The Bertz CT molecular complexity index is 2480. The molecule has 0 N–H and O–H groups in total. The molecule has 0 amide bonds. The average Bonchev–Trinajstić information content (AvgIpc) is 3.50. The van der Waals surface area contributed by atoms with Gasteiger partial charge < -0.3 is 4.57 Å². The molecule has 0 saturated heterocycles. The number of hydrogen-bond acceptors (Lipinski definition) is 0. The van der Waals surface area contributed by atoms with E-state index in [4.69, 9.17) is 13.1 Å². The third kappa shape index (κ3) is 4.64. The highest BCUT2D eigenvalue weighted by Gasteiger charge is 2.42. The van der Waals surface area contributed by atoms with E-state index in [9.17, 15) is 0 Å². The minimum absolute atomic E-state index is 0.637. The van der Waals surface area contributed by atoms with Crippen molar-refractivity contribution < 1.29 is 0 Å². The molecule has 0 aliphatic carbocycles. The first kappa shape index (κ1) is 29.0. The molecule has 0 aliphatic heterocycles. The first-order chi connectivity index (χ1) is 23.7. The first-order valence-electron chi connectivity index (χ1n) is 15.9. The van der Waals surface area contributed by atoms with Gasteiger partial charge in [-0.2, -0.15) is 0 Å². The van der Waals surface area contributed by atoms with E-state index in [0.717, 1.165) is 33.1 Å². The molecule has 0 radical (unpaired) electrons. The van der Waals surface area contributed by atoms with E-state index in [2.05, 4.69) is 166 Å². The van der Waals surface area contributed by atoms with E-state index < -0.39 is 8.07 Å². The van der Waals surface area contributed by atoms with Crippen LogP contribution in [0, 0.1) is 13.1 Å². The SMILES string of the molecule is [C-]#[N+]c1ccc([Si](c2ccccc2)(c2ccccc2)c2ccccc2-c2cccc(-n3c4ccccc4c4cc([N+]#[C-])ccc43)c2)cc1. The van der Waals surface area contributed by atoms with Crippen LogP contribution in [0.4, 0.5) is 11.4 Å². The van der Waals surface area contributed by atoms with Crippen LogP contribution in [0.5, 0.6) is 0 Å². The van der Waals surface area contributed by atoms with Crippen LogP contribution in [-0.2, 0) is 0 Å². The van der Waals surface area contributed by atoms with Crippen LogP contribution in [-0.4, -0.2) is 12.6 Å². The van der Waals surface area contributed by atoms with Gasteiger partial charge in [0.15, 0.2) is 19.4 Å². The first-order valence-corrected chi connectivity index (χ1v) is 17.9. The van der Waals surface area contributed by atoms with Gasteiger partial charge in [0.05, 0.1) is 24.2 Å². The van der Waals surface area contributed by atoms with Crippen molar-refractivity contribution in [1.29, 1.82) is 0 Å². The molecule has 224 valence electrons. The van der Waals surface area contributed by atoms with Crippen molar-refractivity contribution in [3.8, 4) is 16.8 Å². The van der Waals surface area contributed by atoms with Crippen molar-refractivity contribution in [1.82, 2.24) is 4.57 Å². The van der Waals surface area contributed by atoms with E-state index >= 15 is 0 Å². The normalized spacial score (nSPS) is 11.3. The summed E-state index contributed by atoms with van der Waals surface area (Å²) in [5.74, 6) is 0. The lowest BCUT2D eigenvalue weighted by Crippen LogP contribution is -2.75. The monoisotopic (exact) mass is 627 g/mol. The summed E-state index contributed by atoms with van der Waals surface area (Å²) in [7, 11) is -2.88. The van der Waals surface area contributed by atoms with Gasteiger partial charge in [-0.3, -0.25) is 0 Å². The molecule has 8 rings (SSSR count). The number of aromatic nitrogens is 1. The highest BCUT2D eigenvalue weighted by Crippen LogP contribution is 2.35. The standard InChI is InChI=1S/C44H29N3Si/c1-45-33-24-27-38(28-25-33)48(36-16-5-3-6-17-36,37-18-7-4-8-19-37)44-23-12-10-20-39(44)32-14-13-15-35(30-32)47-42-22-11-9-21-40(42)41-31-34(46-2)26-29-43(41)47/h3-31H. The summed E-state index contributed by atoms with van der Waals surface area (Å²) in [5, 5.41) is 7.30. The summed E-state index contributed by atoms with van der Waals surface area (Å²) in [6, 6.07) is 62.1. The van der Waals surface area contributed by atoms with E-state index in [1.807, 2.05) is 24.3 Å². The fourth-order valence-electron chi connectivity index (χ4n) is 7.31. The van der Waals surface area contributed by atoms with Crippen molar-refractivity contribution in [2.24, 2.45) is 0 Å². The van der Waals surface area contributed by atoms with Gasteiger partial charge in [0.25, 0.3) is 0 Å². The minimum Gasteiger partial charge on any atom is -0.309 e. The summed E-state index contributed by atoms with van der Waals surface area (Å²) in [4.78, 5) is 7.42. The number of rotatable bonds is 6. The number of fused-ring (bicyclic) bond motifs is 3. The molecule has 0 saturated carbocycles. The molecular formula is C44H29N3Si. The quantitative estimate of drug-likeness (QED) is 0.0993. The molecular weight excluding hydrogens is 599 g/mol. The molecule has 48 heavy (non-hydrogen) atoms. The number of benzene rings is 7. The fraction of sp³-hybridized carbons (Fsp3) is 0. The molecule has 0 spiro atoms. The van der Waals surface area contributed by atoms with Crippen molar-refractivity contribution in [3.05, 3.63) is 199 Å². The van der Waals surface area contributed by atoms with E-state index in [-0.39, 0.29) is 0 Å². The minimum atomic E-state index is -2.88. The molecule has 8 aromatic rings. The molecule has 3 nitrogen and oxygen atoms in total. The highest BCUT2D eigenvalue weighted by molar-refractivity contribution is 7.20. The van der Waals surface area contributed by atoms with Crippen molar-refractivity contribution >= 4 is 62.0 Å². The molecule has 7 aromatic carbocycles. The summed E-state index contributed by atoms with van der Waals surface area (Å²) >= 11 is 0. The summed E-state index contributed by atoms with van der Waals surface area (Å²) in [6.07, 6.45) is 0.